The van der Waals surface area contributed by atoms with Crippen LogP contribution in [0.4, 0.5) is 13.2 Å². The van der Waals surface area contributed by atoms with Crippen LogP contribution in [-0.2, 0) is 24.4 Å². The predicted octanol–water partition coefficient (Wildman–Crippen LogP) is 7.01. The number of aryl methyl sites for hydroxylation is 2. The maximum Gasteiger partial charge on any atom is 0.573 e. The van der Waals surface area contributed by atoms with Crippen molar-refractivity contribution < 1.29 is 32.5 Å². The van der Waals surface area contributed by atoms with Gasteiger partial charge >= 0.3 is 12.3 Å². The Balaban J connectivity index is 1.73. The molecule has 0 bridgehead atoms. The molecular weight excluding hydrogens is 523 g/mol. The molecule has 0 amide bonds. The second kappa shape index (κ2) is 11.6. The molecule has 4 aromatic rings. The van der Waals surface area contributed by atoms with Crippen LogP contribution < -0.4 is 9.47 Å². The third kappa shape index (κ3) is 6.55. The molecule has 7 nitrogen and oxygen atoms in total. The third-order valence-corrected chi connectivity index (χ3v) is 7.34. The van der Waals surface area contributed by atoms with Crippen LogP contribution in [0.2, 0.25) is 0 Å². The fourth-order valence-corrected chi connectivity index (χ4v) is 4.69. The fraction of sp³-hybridized carbons (Fsp3) is 0.367. The standard InChI is InChI=1S/C30H32F3N3O4/c1-5-29(6-2,28(37)38)15-27-35-25-12-11-23(39-18-22-9-7-19(3)16-34-22)14-26(25)36(27)17-21-8-10-24(13-20(21)4)40-30(31,32)33/h7-14,16H,5-6,15,17-18H2,1-4H3,(H,37,38). The lowest BCUT2D eigenvalue weighted by Crippen LogP contribution is -2.33. The number of carboxylic acid groups (broad SMARTS) is 1. The lowest BCUT2D eigenvalue weighted by Gasteiger charge is -2.26. The van der Waals surface area contributed by atoms with Gasteiger partial charge in [0.25, 0.3) is 0 Å². The van der Waals surface area contributed by atoms with Crippen molar-refractivity contribution in [2.75, 3.05) is 0 Å². The van der Waals surface area contributed by atoms with Crippen molar-refractivity contribution in [2.24, 2.45) is 5.41 Å². The number of carboxylic acids is 1. The largest absolute Gasteiger partial charge is 0.573 e. The first kappa shape index (κ1) is 28.9. The quantitative estimate of drug-likeness (QED) is 0.214. The SMILES string of the molecule is CCC(CC)(Cc1nc2ccc(OCc3ccc(C)cn3)cc2n1Cc1ccc(OC(F)(F)F)cc1C)C(=O)O. The number of pyridine rings is 1. The zero-order chi connectivity index (χ0) is 29.1. The van der Waals surface area contributed by atoms with Crippen molar-refractivity contribution >= 4 is 17.0 Å². The Kier molecular flexibility index (Phi) is 8.37. The lowest BCUT2D eigenvalue weighted by molar-refractivity contribution is -0.274. The van der Waals surface area contributed by atoms with Crippen LogP contribution in [0.5, 0.6) is 11.5 Å². The number of ether oxygens (including phenoxy) is 2. The Morgan fingerprint density at radius 2 is 1.73 bits per heavy atom. The molecule has 0 spiro atoms. The van der Waals surface area contributed by atoms with Crippen LogP contribution >= 0.6 is 0 Å². The van der Waals surface area contributed by atoms with E-state index in [1.165, 1.54) is 12.1 Å². The molecule has 0 saturated heterocycles. The van der Waals surface area contributed by atoms with E-state index in [1.807, 2.05) is 49.6 Å². The Morgan fingerprint density at radius 1 is 1.00 bits per heavy atom. The molecule has 0 aliphatic heterocycles. The number of fused-ring (bicyclic) bond motifs is 1. The van der Waals surface area contributed by atoms with E-state index in [2.05, 4.69) is 9.72 Å². The number of benzene rings is 2. The second-order valence-corrected chi connectivity index (χ2v) is 9.99. The number of carbonyl (C=O) groups is 1. The number of hydrogen-bond donors (Lipinski definition) is 1. The molecule has 0 atom stereocenters. The first-order chi connectivity index (χ1) is 18.9. The highest BCUT2D eigenvalue weighted by Gasteiger charge is 2.37. The summed E-state index contributed by atoms with van der Waals surface area (Å²) in [5.41, 5.74) is 3.56. The minimum absolute atomic E-state index is 0.196. The van der Waals surface area contributed by atoms with E-state index in [-0.39, 0.29) is 25.3 Å². The van der Waals surface area contributed by atoms with Crippen LogP contribution in [0, 0.1) is 19.3 Å². The van der Waals surface area contributed by atoms with Crippen LogP contribution in [0.3, 0.4) is 0 Å². The van der Waals surface area contributed by atoms with Gasteiger partial charge in [-0.15, -0.1) is 13.2 Å². The smallest absolute Gasteiger partial charge is 0.487 e. The molecular formula is C30H32F3N3O4. The van der Waals surface area contributed by atoms with Gasteiger partial charge in [-0.25, -0.2) is 4.98 Å². The van der Waals surface area contributed by atoms with Crippen LogP contribution in [0.15, 0.2) is 54.7 Å². The molecule has 2 aromatic carbocycles. The zero-order valence-corrected chi connectivity index (χ0v) is 22.9. The molecule has 1 N–H and O–H groups in total. The Bertz CT molecular complexity index is 1490. The third-order valence-electron chi connectivity index (χ3n) is 7.34. The van der Waals surface area contributed by atoms with Crippen LogP contribution in [-0.4, -0.2) is 32.0 Å². The summed E-state index contributed by atoms with van der Waals surface area (Å²) in [6.07, 6.45) is -1.98. The summed E-state index contributed by atoms with van der Waals surface area (Å²) in [4.78, 5) is 21.5. The molecule has 0 fully saturated rings. The molecule has 0 radical (unpaired) electrons. The highest BCUT2D eigenvalue weighted by Crippen LogP contribution is 2.34. The molecule has 2 heterocycles. The number of hydrogen-bond acceptors (Lipinski definition) is 5. The summed E-state index contributed by atoms with van der Waals surface area (Å²) in [5.74, 6) is -0.0283. The van der Waals surface area contributed by atoms with Gasteiger partial charge in [-0.1, -0.05) is 26.0 Å². The molecule has 40 heavy (non-hydrogen) atoms. The first-order valence-electron chi connectivity index (χ1n) is 13.0. The topological polar surface area (TPSA) is 86.5 Å². The van der Waals surface area contributed by atoms with Crippen molar-refractivity contribution in [3.8, 4) is 11.5 Å². The second-order valence-electron chi connectivity index (χ2n) is 9.99. The Hall–Kier alpha value is -4.08. The summed E-state index contributed by atoms with van der Waals surface area (Å²) in [5, 5.41) is 10.1. The number of rotatable bonds is 11. The van der Waals surface area contributed by atoms with Crippen molar-refractivity contribution in [1.82, 2.24) is 14.5 Å². The average Bonchev–Trinajstić information content (AvgIpc) is 3.23. The predicted molar refractivity (Wildman–Crippen MR) is 144 cm³/mol. The van der Waals surface area contributed by atoms with Crippen LogP contribution in [0.1, 0.15) is 54.9 Å². The summed E-state index contributed by atoms with van der Waals surface area (Å²) >= 11 is 0. The number of halogens is 3. The van der Waals surface area contributed by atoms with Gasteiger partial charge in [-0.2, -0.15) is 0 Å². The van der Waals surface area contributed by atoms with Crippen molar-refractivity contribution in [3.05, 3.63) is 82.9 Å². The monoisotopic (exact) mass is 555 g/mol. The average molecular weight is 556 g/mol. The molecule has 0 aliphatic rings. The highest BCUT2D eigenvalue weighted by atomic mass is 19.4. The van der Waals surface area contributed by atoms with E-state index < -0.39 is 17.7 Å². The number of alkyl halides is 3. The number of aromatic nitrogens is 3. The Morgan fingerprint density at radius 3 is 2.33 bits per heavy atom. The maximum absolute atomic E-state index is 12.7. The zero-order valence-electron chi connectivity index (χ0n) is 22.9. The first-order valence-corrected chi connectivity index (χ1v) is 13.0. The molecule has 4 rings (SSSR count). The van der Waals surface area contributed by atoms with Gasteiger partial charge in [0.2, 0.25) is 0 Å². The molecule has 10 heteroatoms. The van der Waals surface area contributed by atoms with Gasteiger partial charge < -0.3 is 19.1 Å². The molecule has 0 aliphatic carbocycles. The molecule has 2 aromatic heterocycles. The van der Waals surface area contributed by atoms with E-state index in [1.54, 1.807) is 25.3 Å². The summed E-state index contributed by atoms with van der Waals surface area (Å²) in [7, 11) is 0. The van der Waals surface area contributed by atoms with Gasteiger partial charge in [-0.05, 0) is 73.7 Å². The van der Waals surface area contributed by atoms with E-state index >= 15 is 0 Å². The minimum atomic E-state index is -4.79. The van der Waals surface area contributed by atoms with Gasteiger partial charge in [0.15, 0.2) is 0 Å². The number of imidazole rings is 1. The molecule has 0 unspecified atom stereocenters. The summed E-state index contributed by atoms with van der Waals surface area (Å²) in [6.45, 7) is 7.90. The van der Waals surface area contributed by atoms with Gasteiger partial charge in [0.05, 0.1) is 22.1 Å². The van der Waals surface area contributed by atoms with E-state index in [4.69, 9.17) is 9.72 Å². The number of nitrogens with zero attached hydrogens (tertiary/aromatic N) is 3. The highest BCUT2D eigenvalue weighted by molar-refractivity contribution is 5.79. The maximum atomic E-state index is 12.7. The minimum Gasteiger partial charge on any atom is -0.487 e. The fourth-order valence-electron chi connectivity index (χ4n) is 4.69. The summed E-state index contributed by atoms with van der Waals surface area (Å²) < 4.78 is 50.2. The van der Waals surface area contributed by atoms with Crippen molar-refractivity contribution in [2.45, 2.75) is 66.5 Å². The molecule has 212 valence electrons. The van der Waals surface area contributed by atoms with Crippen molar-refractivity contribution in [1.29, 1.82) is 0 Å². The van der Waals surface area contributed by atoms with E-state index in [0.29, 0.717) is 35.5 Å². The Labute approximate surface area is 230 Å². The lowest BCUT2D eigenvalue weighted by atomic mass is 9.79. The van der Waals surface area contributed by atoms with Gasteiger partial charge in [0.1, 0.15) is 23.9 Å². The molecule has 0 saturated carbocycles. The summed E-state index contributed by atoms with van der Waals surface area (Å²) in [6, 6.07) is 13.5. The van der Waals surface area contributed by atoms with Crippen LogP contribution in [0.25, 0.3) is 11.0 Å². The van der Waals surface area contributed by atoms with Gasteiger partial charge in [0, 0.05) is 25.2 Å². The van der Waals surface area contributed by atoms with Crippen molar-refractivity contribution in [3.63, 3.8) is 0 Å². The van der Waals surface area contributed by atoms with E-state index in [0.717, 1.165) is 22.3 Å². The van der Waals surface area contributed by atoms with E-state index in [9.17, 15) is 23.1 Å². The number of aliphatic carboxylic acids is 1. The van der Waals surface area contributed by atoms with Gasteiger partial charge in [-0.3, -0.25) is 9.78 Å². The normalized spacial score (nSPS) is 12.1.